The number of nitrogens with zero attached hydrogens (tertiary/aromatic N) is 2. The van der Waals surface area contributed by atoms with Crippen LogP contribution in [-0.4, -0.2) is 19.9 Å². The van der Waals surface area contributed by atoms with Gasteiger partial charge < -0.3 is 11.5 Å². The largest absolute Gasteiger partial charge is 0.385 e. The van der Waals surface area contributed by atoms with E-state index in [-0.39, 0.29) is 11.5 Å². The molecule has 2 aromatic heterocycles. The Balaban J connectivity index is 0.000000160. The van der Waals surface area contributed by atoms with Crippen LogP contribution in [0.1, 0.15) is 0 Å². The SMILES string of the molecule is Nc1ccnc(=O)[nH]1.Nc1nccc(=O)[nH]1. The van der Waals surface area contributed by atoms with Crippen LogP contribution >= 0.6 is 0 Å². The summed E-state index contributed by atoms with van der Waals surface area (Å²) in [5.74, 6) is 0.488. The van der Waals surface area contributed by atoms with E-state index in [0.29, 0.717) is 5.82 Å². The molecule has 0 spiro atoms. The zero-order valence-corrected chi connectivity index (χ0v) is 8.18. The van der Waals surface area contributed by atoms with Crippen molar-refractivity contribution in [1.29, 1.82) is 0 Å². The van der Waals surface area contributed by atoms with Gasteiger partial charge in [-0.15, -0.1) is 0 Å². The average molecular weight is 222 g/mol. The molecule has 0 saturated carbocycles. The van der Waals surface area contributed by atoms with Crippen LogP contribution in [0.2, 0.25) is 0 Å². The lowest BCUT2D eigenvalue weighted by atomic mass is 10.6. The van der Waals surface area contributed by atoms with Crippen molar-refractivity contribution in [2.45, 2.75) is 0 Å². The zero-order valence-electron chi connectivity index (χ0n) is 8.18. The molecule has 0 fully saturated rings. The fourth-order valence-electron chi connectivity index (χ4n) is 0.768. The number of hydrogen-bond acceptors (Lipinski definition) is 6. The number of aromatic nitrogens is 4. The van der Waals surface area contributed by atoms with E-state index in [9.17, 15) is 9.59 Å². The van der Waals surface area contributed by atoms with Crippen LogP contribution < -0.4 is 22.7 Å². The Morgan fingerprint density at radius 2 is 1.69 bits per heavy atom. The zero-order chi connectivity index (χ0) is 12.0. The molecule has 8 nitrogen and oxygen atoms in total. The van der Waals surface area contributed by atoms with Crippen molar-refractivity contribution in [3.8, 4) is 0 Å². The van der Waals surface area contributed by atoms with E-state index < -0.39 is 5.69 Å². The minimum Gasteiger partial charge on any atom is -0.385 e. The van der Waals surface area contributed by atoms with E-state index in [4.69, 9.17) is 11.5 Å². The summed E-state index contributed by atoms with van der Waals surface area (Å²) in [5, 5.41) is 0. The quantitative estimate of drug-likeness (QED) is 0.436. The summed E-state index contributed by atoms with van der Waals surface area (Å²) in [5.41, 5.74) is 9.62. The van der Waals surface area contributed by atoms with Crippen molar-refractivity contribution in [1.82, 2.24) is 19.9 Å². The second kappa shape index (κ2) is 5.29. The molecule has 0 aliphatic carbocycles. The number of aromatic amines is 2. The first-order valence-electron chi connectivity index (χ1n) is 4.19. The highest BCUT2D eigenvalue weighted by molar-refractivity contribution is 5.22. The summed E-state index contributed by atoms with van der Waals surface area (Å²) < 4.78 is 0. The third-order valence-corrected chi connectivity index (χ3v) is 1.39. The molecule has 0 bridgehead atoms. The fraction of sp³-hybridized carbons (Fsp3) is 0. The molecule has 0 atom stereocenters. The maximum atomic E-state index is 10.3. The first-order chi connectivity index (χ1) is 7.58. The number of anilines is 2. The summed E-state index contributed by atoms with van der Waals surface area (Å²) in [6, 6.07) is 2.82. The molecule has 0 saturated heterocycles. The van der Waals surface area contributed by atoms with Gasteiger partial charge in [-0.1, -0.05) is 0 Å². The molecule has 0 aliphatic heterocycles. The molecule has 8 heteroatoms. The first kappa shape index (κ1) is 11.4. The Kier molecular flexibility index (Phi) is 3.78. The van der Waals surface area contributed by atoms with Crippen LogP contribution in [0.4, 0.5) is 11.8 Å². The van der Waals surface area contributed by atoms with Crippen LogP contribution in [0.15, 0.2) is 34.1 Å². The molecule has 0 aliphatic rings. The number of H-pyrrole nitrogens is 2. The van der Waals surface area contributed by atoms with Crippen molar-refractivity contribution in [2.75, 3.05) is 11.5 Å². The Morgan fingerprint density at radius 1 is 1.00 bits per heavy atom. The molecule has 2 aromatic rings. The van der Waals surface area contributed by atoms with E-state index >= 15 is 0 Å². The van der Waals surface area contributed by atoms with Crippen LogP contribution in [-0.2, 0) is 0 Å². The van der Waals surface area contributed by atoms with Gasteiger partial charge in [-0.2, -0.15) is 0 Å². The van der Waals surface area contributed by atoms with Gasteiger partial charge in [0, 0.05) is 18.5 Å². The molecule has 2 rings (SSSR count). The van der Waals surface area contributed by atoms with Gasteiger partial charge in [-0.25, -0.2) is 14.8 Å². The van der Waals surface area contributed by atoms with E-state index in [2.05, 4.69) is 19.9 Å². The van der Waals surface area contributed by atoms with Gasteiger partial charge in [0.1, 0.15) is 5.82 Å². The monoisotopic (exact) mass is 222 g/mol. The predicted octanol–water partition coefficient (Wildman–Crippen LogP) is -1.30. The van der Waals surface area contributed by atoms with Crippen molar-refractivity contribution in [3.05, 3.63) is 45.4 Å². The van der Waals surface area contributed by atoms with E-state index in [0.717, 1.165) is 0 Å². The van der Waals surface area contributed by atoms with Crippen LogP contribution in [0.5, 0.6) is 0 Å². The first-order valence-corrected chi connectivity index (χ1v) is 4.19. The molecule has 0 amide bonds. The van der Waals surface area contributed by atoms with E-state index in [1.807, 2.05) is 0 Å². The lowest BCUT2D eigenvalue weighted by molar-refractivity contribution is 1.08. The molecule has 2 heterocycles. The summed E-state index contributed by atoms with van der Waals surface area (Å²) >= 11 is 0. The molecular formula is C8H10N6O2. The van der Waals surface area contributed by atoms with E-state index in [1.165, 1.54) is 24.5 Å². The lowest BCUT2D eigenvalue weighted by Crippen LogP contribution is -2.10. The van der Waals surface area contributed by atoms with Gasteiger partial charge in [0.25, 0.3) is 5.56 Å². The Hall–Kier alpha value is -2.64. The lowest BCUT2D eigenvalue weighted by Gasteiger charge is -1.84. The minimum absolute atomic E-state index is 0.150. The summed E-state index contributed by atoms with van der Waals surface area (Å²) in [4.78, 5) is 32.0. The van der Waals surface area contributed by atoms with Crippen LogP contribution in [0.3, 0.4) is 0 Å². The van der Waals surface area contributed by atoms with Gasteiger partial charge in [0.15, 0.2) is 5.95 Å². The summed E-state index contributed by atoms with van der Waals surface area (Å²) in [7, 11) is 0. The van der Waals surface area contributed by atoms with Crippen molar-refractivity contribution in [3.63, 3.8) is 0 Å². The third-order valence-electron chi connectivity index (χ3n) is 1.39. The number of nitrogen functional groups attached to an aromatic ring is 2. The van der Waals surface area contributed by atoms with Gasteiger partial charge in [-0.3, -0.25) is 14.8 Å². The highest BCUT2D eigenvalue weighted by Gasteiger charge is 1.81. The molecule has 0 aromatic carbocycles. The second-order valence-electron chi connectivity index (χ2n) is 2.65. The summed E-state index contributed by atoms with van der Waals surface area (Å²) in [6.45, 7) is 0. The minimum atomic E-state index is -0.412. The molecular weight excluding hydrogens is 212 g/mol. The average Bonchev–Trinajstić information content (AvgIpc) is 2.17. The van der Waals surface area contributed by atoms with Crippen molar-refractivity contribution >= 4 is 11.8 Å². The van der Waals surface area contributed by atoms with Crippen LogP contribution in [0, 0.1) is 0 Å². The molecule has 84 valence electrons. The number of hydrogen-bond donors (Lipinski definition) is 4. The smallest absolute Gasteiger partial charge is 0.346 e. The Labute approximate surface area is 89.4 Å². The fourth-order valence-corrected chi connectivity index (χ4v) is 0.768. The van der Waals surface area contributed by atoms with Crippen molar-refractivity contribution in [2.24, 2.45) is 0 Å². The maximum absolute atomic E-state index is 10.3. The Morgan fingerprint density at radius 3 is 2.06 bits per heavy atom. The van der Waals surface area contributed by atoms with E-state index in [1.54, 1.807) is 0 Å². The van der Waals surface area contributed by atoms with Crippen molar-refractivity contribution < 1.29 is 0 Å². The second-order valence-corrected chi connectivity index (χ2v) is 2.65. The molecule has 0 unspecified atom stereocenters. The number of nitrogens with one attached hydrogen (secondary N) is 2. The van der Waals surface area contributed by atoms with Gasteiger partial charge >= 0.3 is 5.69 Å². The third kappa shape index (κ3) is 4.05. The normalized spacial score (nSPS) is 9.00. The summed E-state index contributed by atoms with van der Waals surface area (Å²) in [6.07, 6.45) is 2.71. The van der Waals surface area contributed by atoms with Gasteiger partial charge in [0.05, 0.1) is 0 Å². The van der Waals surface area contributed by atoms with Gasteiger partial charge in [-0.05, 0) is 6.07 Å². The highest BCUT2D eigenvalue weighted by atomic mass is 16.1. The number of rotatable bonds is 0. The van der Waals surface area contributed by atoms with Crippen LogP contribution in [0.25, 0.3) is 0 Å². The topological polar surface area (TPSA) is 144 Å². The Bertz CT molecular complexity index is 509. The number of nitrogens with two attached hydrogens (primary N) is 2. The standard InChI is InChI=1S/2C4H5N3O/c5-4-6-2-1-3(8)7-4;5-3-1-2-6-4(8)7-3/h2*1-2H,(H3,5,6,7,8). The predicted molar refractivity (Wildman–Crippen MR) is 58.5 cm³/mol. The van der Waals surface area contributed by atoms with Gasteiger partial charge in [0.2, 0.25) is 0 Å². The molecule has 6 N–H and O–H groups in total. The highest BCUT2D eigenvalue weighted by Crippen LogP contribution is 1.82. The maximum Gasteiger partial charge on any atom is 0.346 e. The molecule has 16 heavy (non-hydrogen) atoms. The molecule has 0 radical (unpaired) electrons.